The van der Waals surface area contributed by atoms with Gasteiger partial charge in [0.15, 0.2) is 9.84 Å². The van der Waals surface area contributed by atoms with Crippen LogP contribution in [0.5, 0.6) is 0 Å². The maximum absolute atomic E-state index is 11.8. The van der Waals surface area contributed by atoms with E-state index < -0.39 is 13.9 Å². The molecule has 2 saturated heterocycles. The number of fused-ring (bicyclic) bond motifs is 3. The summed E-state index contributed by atoms with van der Waals surface area (Å²) in [4.78, 5) is 0. The van der Waals surface area contributed by atoms with Crippen molar-refractivity contribution in [1.82, 2.24) is 0 Å². The Labute approximate surface area is 86.5 Å². The molecular weight excluding hydrogens is 224 g/mol. The molecule has 2 fully saturated rings. The van der Waals surface area contributed by atoms with Crippen molar-refractivity contribution >= 4 is 33.4 Å². The molecule has 13 heavy (non-hydrogen) atoms. The lowest BCUT2D eigenvalue weighted by Crippen LogP contribution is -2.30. The third kappa shape index (κ3) is 0.957. The van der Waals surface area contributed by atoms with E-state index in [2.05, 4.69) is 6.08 Å². The highest BCUT2D eigenvalue weighted by Gasteiger charge is 2.71. The minimum Gasteiger partial charge on any atom is -0.227 e. The van der Waals surface area contributed by atoms with Crippen molar-refractivity contribution in [2.45, 2.75) is 26.8 Å². The quantitative estimate of drug-likeness (QED) is 0.532. The molecule has 2 aliphatic heterocycles. The van der Waals surface area contributed by atoms with Gasteiger partial charge in [-0.05, 0) is 0 Å². The summed E-state index contributed by atoms with van der Waals surface area (Å²) >= 11 is 3.53. The minimum atomic E-state index is -2.89. The van der Waals surface area contributed by atoms with Gasteiger partial charge in [0.05, 0.1) is 5.25 Å². The first-order valence-electron chi connectivity index (χ1n) is 4.36. The standard InChI is InChI=1S/C8H10O2S3/c1-2-13(9,10)8-4-3-5-6(11-5)7(8)12-8/h3-7H,2H2,1H3. The van der Waals surface area contributed by atoms with Gasteiger partial charge in [0.25, 0.3) is 0 Å². The fourth-order valence-electron chi connectivity index (χ4n) is 1.94. The smallest absolute Gasteiger partial charge is 0.169 e. The number of thioether (sulfide) groups is 2. The monoisotopic (exact) mass is 234 g/mol. The van der Waals surface area contributed by atoms with E-state index in [0.29, 0.717) is 15.7 Å². The molecule has 4 unspecified atom stereocenters. The van der Waals surface area contributed by atoms with E-state index in [9.17, 15) is 8.42 Å². The van der Waals surface area contributed by atoms with Crippen LogP contribution in [0.25, 0.3) is 0 Å². The second-order valence-electron chi connectivity index (χ2n) is 3.59. The SMILES string of the molecule is CCS(=O)(=O)C12C=CC3SC3C1S2. The van der Waals surface area contributed by atoms with Crippen LogP contribution in [0, 0.1) is 0 Å². The highest BCUT2D eigenvalue weighted by Crippen LogP contribution is 2.70. The van der Waals surface area contributed by atoms with E-state index in [0.717, 1.165) is 0 Å². The van der Waals surface area contributed by atoms with Crippen LogP contribution < -0.4 is 0 Å². The molecule has 4 atom stereocenters. The van der Waals surface area contributed by atoms with Crippen molar-refractivity contribution in [3.05, 3.63) is 12.2 Å². The van der Waals surface area contributed by atoms with Crippen molar-refractivity contribution in [2.75, 3.05) is 5.75 Å². The van der Waals surface area contributed by atoms with E-state index in [-0.39, 0.29) is 5.75 Å². The van der Waals surface area contributed by atoms with Crippen LogP contribution in [0.15, 0.2) is 12.2 Å². The fraction of sp³-hybridized carbons (Fsp3) is 0.750. The largest absolute Gasteiger partial charge is 0.227 e. The van der Waals surface area contributed by atoms with E-state index in [1.165, 1.54) is 0 Å². The molecule has 3 aliphatic rings. The molecule has 0 aromatic carbocycles. The van der Waals surface area contributed by atoms with Gasteiger partial charge in [-0.1, -0.05) is 19.1 Å². The Bertz CT molecular complexity index is 386. The van der Waals surface area contributed by atoms with Crippen molar-refractivity contribution in [3.8, 4) is 0 Å². The van der Waals surface area contributed by atoms with Gasteiger partial charge in [-0.2, -0.15) is 0 Å². The average molecular weight is 234 g/mol. The predicted octanol–water partition coefficient (Wildman–Crippen LogP) is 1.29. The van der Waals surface area contributed by atoms with Gasteiger partial charge in [-0.15, -0.1) is 23.5 Å². The fourth-order valence-corrected chi connectivity index (χ4v) is 7.56. The summed E-state index contributed by atoms with van der Waals surface area (Å²) in [5, 5.41) is 1.58. The first-order valence-corrected chi connectivity index (χ1v) is 7.83. The summed E-state index contributed by atoms with van der Waals surface area (Å²) in [6.07, 6.45) is 4.02. The van der Waals surface area contributed by atoms with Crippen LogP contribution in [0.3, 0.4) is 0 Å². The molecule has 2 nitrogen and oxygen atoms in total. The minimum absolute atomic E-state index is 0.267. The lowest BCUT2D eigenvalue weighted by atomic mass is 10.1. The molecule has 1 aliphatic carbocycles. The Hall–Kier alpha value is 0.390. The van der Waals surface area contributed by atoms with Gasteiger partial charge in [-0.25, -0.2) is 8.42 Å². The zero-order chi connectivity index (χ0) is 9.27. The molecule has 3 rings (SSSR count). The van der Waals surface area contributed by atoms with Crippen LogP contribution >= 0.6 is 23.5 Å². The van der Waals surface area contributed by atoms with Crippen LogP contribution in [-0.2, 0) is 9.84 Å². The molecule has 2 heterocycles. The molecule has 0 N–H and O–H groups in total. The van der Waals surface area contributed by atoms with E-state index in [4.69, 9.17) is 0 Å². The molecule has 0 aromatic heterocycles. The highest BCUT2D eigenvalue weighted by atomic mass is 32.3. The Balaban J connectivity index is 2.02. The zero-order valence-corrected chi connectivity index (χ0v) is 9.58. The number of hydrogen-bond acceptors (Lipinski definition) is 4. The van der Waals surface area contributed by atoms with Gasteiger partial charge < -0.3 is 0 Å². The number of rotatable bonds is 2. The van der Waals surface area contributed by atoms with E-state index in [1.807, 2.05) is 17.8 Å². The van der Waals surface area contributed by atoms with E-state index >= 15 is 0 Å². The lowest BCUT2D eigenvalue weighted by molar-refractivity contribution is 0.587. The molecule has 0 radical (unpaired) electrons. The Morgan fingerprint density at radius 3 is 3.00 bits per heavy atom. The van der Waals surface area contributed by atoms with Crippen LogP contribution in [0.2, 0.25) is 0 Å². The molecule has 0 aromatic rings. The van der Waals surface area contributed by atoms with Crippen LogP contribution in [-0.4, -0.2) is 34.0 Å². The van der Waals surface area contributed by atoms with E-state index in [1.54, 1.807) is 18.7 Å². The lowest BCUT2D eigenvalue weighted by Gasteiger charge is -2.12. The number of hydrogen-bond donors (Lipinski definition) is 0. The average Bonchev–Trinajstić information content (AvgIpc) is 2.95. The normalized spacial score (nSPS) is 51.0. The molecule has 0 saturated carbocycles. The summed E-state index contributed by atoms with van der Waals surface area (Å²) in [7, 11) is -2.89. The number of sulfone groups is 1. The summed E-state index contributed by atoms with van der Waals surface area (Å²) < 4.78 is 23.1. The molecular formula is C8H10O2S3. The van der Waals surface area contributed by atoms with Crippen molar-refractivity contribution in [3.63, 3.8) is 0 Å². The summed E-state index contributed by atoms with van der Waals surface area (Å²) in [6.45, 7) is 1.74. The van der Waals surface area contributed by atoms with Gasteiger partial charge in [0.2, 0.25) is 0 Å². The Morgan fingerprint density at radius 1 is 1.54 bits per heavy atom. The Kier molecular flexibility index (Phi) is 1.54. The second-order valence-corrected chi connectivity index (χ2v) is 9.11. The van der Waals surface area contributed by atoms with Gasteiger partial charge in [0, 0.05) is 16.3 Å². The summed E-state index contributed by atoms with van der Waals surface area (Å²) in [6, 6.07) is 0. The highest BCUT2D eigenvalue weighted by molar-refractivity contribution is 8.24. The second kappa shape index (κ2) is 2.31. The Morgan fingerprint density at radius 2 is 2.31 bits per heavy atom. The van der Waals surface area contributed by atoms with Gasteiger partial charge in [0.1, 0.15) is 4.08 Å². The molecule has 0 bridgehead atoms. The molecule has 0 spiro atoms. The topological polar surface area (TPSA) is 34.1 Å². The maximum atomic E-state index is 11.8. The predicted molar refractivity (Wildman–Crippen MR) is 57.9 cm³/mol. The molecule has 72 valence electrons. The summed E-state index contributed by atoms with van der Waals surface area (Å²) in [5.74, 6) is 0.267. The van der Waals surface area contributed by atoms with Crippen molar-refractivity contribution in [2.24, 2.45) is 0 Å². The third-order valence-corrected chi connectivity index (χ3v) is 9.14. The van der Waals surface area contributed by atoms with Crippen LogP contribution in [0.4, 0.5) is 0 Å². The van der Waals surface area contributed by atoms with Gasteiger partial charge >= 0.3 is 0 Å². The maximum Gasteiger partial charge on any atom is 0.169 e. The van der Waals surface area contributed by atoms with Crippen LogP contribution in [0.1, 0.15) is 6.92 Å². The first-order chi connectivity index (χ1) is 6.11. The zero-order valence-electron chi connectivity index (χ0n) is 7.14. The van der Waals surface area contributed by atoms with Crippen molar-refractivity contribution < 1.29 is 8.42 Å². The molecule has 5 heteroatoms. The third-order valence-electron chi connectivity index (χ3n) is 2.89. The summed E-state index contributed by atoms with van der Waals surface area (Å²) in [5.41, 5.74) is 0. The van der Waals surface area contributed by atoms with Crippen molar-refractivity contribution in [1.29, 1.82) is 0 Å². The molecule has 0 amide bonds. The van der Waals surface area contributed by atoms with Gasteiger partial charge in [-0.3, -0.25) is 0 Å². The first kappa shape index (κ1) is 8.68.